The first-order chi connectivity index (χ1) is 9.74. The largest absolute Gasteiger partial charge is 0.373 e. The van der Waals surface area contributed by atoms with Crippen molar-refractivity contribution in [2.45, 2.75) is 51.6 Å². The minimum atomic E-state index is -0.00759. The average molecular weight is 272 g/mol. The Morgan fingerprint density at radius 1 is 1.20 bits per heavy atom. The third-order valence-electron chi connectivity index (χ3n) is 4.95. The van der Waals surface area contributed by atoms with Crippen LogP contribution in [0.15, 0.2) is 24.3 Å². The van der Waals surface area contributed by atoms with E-state index in [-0.39, 0.29) is 12.0 Å². The van der Waals surface area contributed by atoms with E-state index in [1.54, 1.807) is 0 Å². The quantitative estimate of drug-likeness (QED) is 0.828. The molecule has 1 saturated carbocycles. The molecular weight excluding hydrogens is 248 g/mol. The van der Waals surface area contributed by atoms with E-state index in [0.717, 1.165) is 31.8 Å². The lowest BCUT2D eigenvalue weighted by atomic mass is 9.79. The maximum atomic E-state index is 12.5. The molecule has 1 aromatic rings. The summed E-state index contributed by atoms with van der Waals surface area (Å²) in [5, 5.41) is 0. The molecule has 2 nitrogen and oxygen atoms in total. The van der Waals surface area contributed by atoms with Crippen molar-refractivity contribution < 1.29 is 9.53 Å². The van der Waals surface area contributed by atoms with Crippen LogP contribution >= 0.6 is 0 Å². The third-order valence-corrected chi connectivity index (χ3v) is 4.95. The lowest BCUT2D eigenvalue weighted by Gasteiger charge is -2.29. The van der Waals surface area contributed by atoms with Crippen molar-refractivity contribution in [2.24, 2.45) is 11.8 Å². The fourth-order valence-corrected chi connectivity index (χ4v) is 3.58. The monoisotopic (exact) mass is 272 g/mol. The van der Waals surface area contributed by atoms with Crippen LogP contribution in [0, 0.1) is 11.8 Å². The molecule has 20 heavy (non-hydrogen) atoms. The van der Waals surface area contributed by atoms with Gasteiger partial charge in [0.25, 0.3) is 0 Å². The molecule has 1 unspecified atom stereocenters. The Morgan fingerprint density at radius 2 is 1.95 bits per heavy atom. The molecule has 0 N–H and O–H groups in total. The maximum absolute atomic E-state index is 12.5. The van der Waals surface area contributed by atoms with E-state index >= 15 is 0 Å². The Labute approximate surface area is 121 Å². The molecule has 1 aromatic carbocycles. The highest BCUT2D eigenvalue weighted by Crippen LogP contribution is 2.34. The number of carbonyl (C=O) groups is 1. The summed E-state index contributed by atoms with van der Waals surface area (Å²) in [6.07, 6.45) is 6.10. The van der Waals surface area contributed by atoms with E-state index in [1.165, 1.54) is 24.0 Å². The minimum absolute atomic E-state index is 0.00759. The number of ketones is 1. The van der Waals surface area contributed by atoms with Crippen LogP contribution in [-0.4, -0.2) is 12.4 Å². The van der Waals surface area contributed by atoms with E-state index in [1.807, 2.05) is 6.07 Å². The number of fused-ring (bicyclic) bond motifs is 1. The highest BCUT2D eigenvalue weighted by molar-refractivity contribution is 5.81. The fourth-order valence-electron chi connectivity index (χ4n) is 3.58. The molecule has 3 rings (SSSR count). The van der Waals surface area contributed by atoms with Crippen LogP contribution in [-0.2, 0) is 16.0 Å². The smallest absolute Gasteiger partial charge is 0.138 e. The van der Waals surface area contributed by atoms with E-state index in [4.69, 9.17) is 4.74 Å². The van der Waals surface area contributed by atoms with Crippen molar-refractivity contribution in [1.82, 2.24) is 0 Å². The topological polar surface area (TPSA) is 26.3 Å². The normalized spacial score (nSPS) is 29.8. The van der Waals surface area contributed by atoms with Crippen LogP contribution in [0.4, 0.5) is 0 Å². The zero-order chi connectivity index (χ0) is 13.9. The Morgan fingerprint density at radius 3 is 2.75 bits per heavy atom. The predicted octanol–water partition coefficient (Wildman–Crippen LogP) is 4.09. The summed E-state index contributed by atoms with van der Waals surface area (Å²) >= 11 is 0. The SMILES string of the molecule is CC1CCC(C(=O)CC2OCCc3ccccc32)CC1. The molecule has 1 atom stereocenters. The molecule has 0 saturated heterocycles. The van der Waals surface area contributed by atoms with Crippen molar-refractivity contribution in [1.29, 1.82) is 0 Å². The third kappa shape index (κ3) is 2.95. The number of benzene rings is 1. The van der Waals surface area contributed by atoms with Crippen molar-refractivity contribution in [3.63, 3.8) is 0 Å². The highest BCUT2D eigenvalue weighted by atomic mass is 16.5. The van der Waals surface area contributed by atoms with Crippen molar-refractivity contribution in [2.75, 3.05) is 6.61 Å². The van der Waals surface area contributed by atoms with Crippen LogP contribution < -0.4 is 0 Å². The van der Waals surface area contributed by atoms with Gasteiger partial charge in [-0.1, -0.05) is 44.0 Å². The van der Waals surface area contributed by atoms with Gasteiger partial charge in [-0.3, -0.25) is 4.79 Å². The number of rotatable bonds is 3. The molecule has 2 aliphatic rings. The second kappa shape index (κ2) is 6.09. The van der Waals surface area contributed by atoms with E-state index in [2.05, 4.69) is 25.1 Å². The van der Waals surface area contributed by atoms with Crippen molar-refractivity contribution in [3.8, 4) is 0 Å². The molecule has 1 aliphatic heterocycles. The Balaban J connectivity index is 1.65. The van der Waals surface area contributed by atoms with Crippen LogP contribution in [0.1, 0.15) is 56.3 Å². The van der Waals surface area contributed by atoms with Gasteiger partial charge >= 0.3 is 0 Å². The summed E-state index contributed by atoms with van der Waals surface area (Å²) in [7, 11) is 0. The summed E-state index contributed by atoms with van der Waals surface area (Å²) in [5.74, 6) is 1.49. The first-order valence-electron chi connectivity index (χ1n) is 7.96. The number of hydrogen-bond donors (Lipinski definition) is 0. The minimum Gasteiger partial charge on any atom is -0.373 e. The van der Waals surface area contributed by atoms with Crippen molar-refractivity contribution in [3.05, 3.63) is 35.4 Å². The zero-order valence-corrected chi connectivity index (χ0v) is 12.3. The van der Waals surface area contributed by atoms with Gasteiger partial charge < -0.3 is 4.74 Å². The van der Waals surface area contributed by atoms with Gasteiger partial charge in [0.05, 0.1) is 12.7 Å². The molecule has 108 valence electrons. The first kappa shape index (κ1) is 13.8. The number of carbonyl (C=O) groups excluding carboxylic acids is 1. The number of hydrogen-bond acceptors (Lipinski definition) is 2. The van der Waals surface area contributed by atoms with Crippen LogP contribution in [0.5, 0.6) is 0 Å². The zero-order valence-electron chi connectivity index (χ0n) is 12.3. The molecule has 0 amide bonds. The summed E-state index contributed by atoms with van der Waals surface area (Å²) in [6, 6.07) is 8.41. The molecule has 0 aromatic heterocycles. The van der Waals surface area contributed by atoms with Crippen molar-refractivity contribution >= 4 is 5.78 Å². The second-order valence-electron chi connectivity index (χ2n) is 6.44. The summed E-state index contributed by atoms with van der Waals surface area (Å²) in [4.78, 5) is 12.5. The van der Waals surface area contributed by atoms with Gasteiger partial charge in [0.15, 0.2) is 0 Å². The predicted molar refractivity (Wildman–Crippen MR) is 79.6 cm³/mol. The summed E-state index contributed by atoms with van der Waals surface area (Å²) < 4.78 is 5.87. The molecule has 0 spiro atoms. The standard InChI is InChI=1S/C18H24O2/c1-13-6-8-15(9-7-13)17(19)12-18-16-5-3-2-4-14(16)10-11-20-18/h2-5,13,15,18H,6-12H2,1H3. The molecule has 0 radical (unpaired) electrons. The fraction of sp³-hybridized carbons (Fsp3) is 0.611. The molecule has 1 heterocycles. The van der Waals surface area contributed by atoms with Gasteiger partial charge in [0, 0.05) is 12.3 Å². The lowest BCUT2D eigenvalue weighted by molar-refractivity contribution is -0.127. The lowest BCUT2D eigenvalue weighted by Crippen LogP contribution is -2.25. The maximum Gasteiger partial charge on any atom is 0.138 e. The van der Waals surface area contributed by atoms with Gasteiger partial charge in [-0.15, -0.1) is 0 Å². The molecule has 0 bridgehead atoms. The number of Topliss-reactive ketones (excluding diaryl/α,β-unsaturated/α-hetero) is 1. The number of ether oxygens (including phenoxy) is 1. The van der Waals surface area contributed by atoms with Gasteiger partial charge in [0.1, 0.15) is 5.78 Å². The van der Waals surface area contributed by atoms with Gasteiger partial charge in [-0.25, -0.2) is 0 Å². The molecule has 1 aliphatic carbocycles. The van der Waals surface area contributed by atoms with Crippen LogP contribution in [0.3, 0.4) is 0 Å². The summed E-state index contributed by atoms with van der Waals surface area (Å²) in [5.41, 5.74) is 2.59. The van der Waals surface area contributed by atoms with Crippen LogP contribution in [0.2, 0.25) is 0 Å². The molecule has 1 fully saturated rings. The average Bonchev–Trinajstić information content (AvgIpc) is 2.48. The molecular formula is C18H24O2. The van der Waals surface area contributed by atoms with Gasteiger partial charge in [0.2, 0.25) is 0 Å². The molecule has 2 heteroatoms. The second-order valence-corrected chi connectivity index (χ2v) is 6.44. The Bertz CT molecular complexity index is 472. The van der Waals surface area contributed by atoms with Gasteiger partial charge in [-0.05, 0) is 36.3 Å². The summed E-state index contributed by atoms with van der Waals surface area (Å²) in [6.45, 7) is 3.04. The van der Waals surface area contributed by atoms with Gasteiger partial charge in [-0.2, -0.15) is 0 Å². The Kier molecular flexibility index (Phi) is 4.21. The highest BCUT2D eigenvalue weighted by Gasteiger charge is 2.29. The Hall–Kier alpha value is -1.15. The first-order valence-corrected chi connectivity index (χ1v) is 7.96. The van der Waals surface area contributed by atoms with Crippen LogP contribution in [0.25, 0.3) is 0 Å². The van der Waals surface area contributed by atoms with E-state index in [9.17, 15) is 4.79 Å². The van der Waals surface area contributed by atoms with E-state index in [0.29, 0.717) is 12.2 Å². The van der Waals surface area contributed by atoms with E-state index < -0.39 is 0 Å².